The number of hydrogen-bond acceptors (Lipinski definition) is 4. The smallest absolute Gasteiger partial charge is 0.348 e. The van der Waals surface area contributed by atoms with Gasteiger partial charge in [0.2, 0.25) is 0 Å². The van der Waals surface area contributed by atoms with Gasteiger partial charge in [-0.15, -0.1) is 0 Å². The molecule has 0 unspecified atom stereocenters. The molecule has 0 saturated carbocycles. The Morgan fingerprint density at radius 2 is 1.76 bits per heavy atom. The van der Waals surface area contributed by atoms with Gasteiger partial charge in [-0.2, -0.15) is 4.98 Å². The van der Waals surface area contributed by atoms with E-state index in [1.807, 2.05) is 30.3 Å². The molecule has 4 heteroatoms. The van der Waals surface area contributed by atoms with E-state index in [0.29, 0.717) is 16.8 Å². The van der Waals surface area contributed by atoms with Crippen LogP contribution < -0.4 is 10.9 Å². The fourth-order valence-corrected chi connectivity index (χ4v) is 2.15. The molecule has 21 heavy (non-hydrogen) atoms. The summed E-state index contributed by atoms with van der Waals surface area (Å²) in [5.74, 6) is 0.482. The van der Waals surface area contributed by atoms with Gasteiger partial charge in [-0.05, 0) is 35.7 Å². The number of benzene rings is 2. The number of anilines is 2. The van der Waals surface area contributed by atoms with Crippen LogP contribution in [0, 0.1) is 0 Å². The summed E-state index contributed by atoms with van der Waals surface area (Å²) in [4.78, 5) is 16.2. The zero-order valence-electron chi connectivity index (χ0n) is 12.0. The predicted molar refractivity (Wildman–Crippen MR) is 84.1 cm³/mol. The number of rotatable bonds is 3. The van der Waals surface area contributed by atoms with Gasteiger partial charge in [0, 0.05) is 5.69 Å². The van der Waals surface area contributed by atoms with Crippen molar-refractivity contribution in [1.29, 1.82) is 0 Å². The van der Waals surface area contributed by atoms with Crippen molar-refractivity contribution in [3.63, 3.8) is 0 Å². The van der Waals surface area contributed by atoms with Crippen LogP contribution in [-0.4, -0.2) is 4.98 Å². The molecule has 0 radical (unpaired) electrons. The van der Waals surface area contributed by atoms with E-state index >= 15 is 0 Å². The van der Waals surface area contributed by atoms with Gasteiger partial charge in [0.15, 0.2) is 0 Å². The molecule has 1 heterocycles. The van der Waals surface area contributed by atoms with Crippen molar-refractivity contribution in [2.75, 3.05) is 5.32 Å². The lowest BCUT2D eigenvalue weighted by Gasteiger charge is -2.08. The Kier molecular flexibility index (Phi) is 3.44. The average molecular weight is 280 g/mol. The fourth-order valence-electron chi connectivity index (χ4n) is 2.15. The van der Waals surface area contributed by atoms with Crippen LogP contribution in [-0.2, 0) is 0 Å². The Balaban J connectivity index is 1.92. The van der Waals surface area contributed by atoms with Crippen molar-refractivity contribution in [3.05, 3.63) is 64.5 Å². The van der Waals surface area contributed by atoms with Gasteiger partial charge in [-0.3, -0.25) is 0 Å². The molecule has 0 aliphatic heterocycles. The highest BCUT2D eigenvalue weighted by Crippen LogP contribution is 2.20. The summed E-state index contributed by atoms with van der Waals surface area (Å²) in [6.07, 6.45) is 0. The zero-order valence-corrected chi connectivity index (χ0v) is 12.0. The Morgan fingerprint density at radius 1 is 1.05 bits per heavy atom. The van der Waals surface area contributed by atoms with Gasteiger partial charge in [0.1, 0.15) is 0 Å². The van der Waals surface area contributed by atoms with Crippen LogP contribution in [0.2, 0.25) is 0 Å². The molecular weight excluding hydrogens is 264 g/mol. The maximum atomic E-state index is 11.9. The summed E-state index contributed by atoms with van der Waals surface area (Å²) < 4.78 is 5.19. The van der Waals surface area contributed by atoms with Crippen LogP contribution in [0.3, 0.4) is 0 Å². The summed E-state index contributed by atoms with van der Waals surface area (Å²) in [6.45, 7) is 4.29. The molecule has 106 valence electrons. The van der Waals surface area contributed by atoms with Crippen LogP contribution >= 0.6 is 0 Å². The van der Waals surface area contributed by atoms with Gasteiger partial charge in [0.25, 0.3) is 0 Å². The van der Waals surface area contributed by atoms with Crippen LogP contribution in [0.5, 0.6) is 0 Å². The third-order valence-electron chi connectivity index (χ3n) is 3.36. The second-order valence-electron chi connectivity index (χ2n) is 5.23. The lowest BCUT2D eigenvalue weighted by Crippen LogP contribution is -2.05. The molecule has 4 nitrogen and oxygen atoms in total. The topological polar surface area (TPSA) is 55.1 Å². The third kappa shape index (κ3) is 2.79. The van der Waals surface area contributed by atoms with Crippen LogP contribution in [0.15, 0.2) is 57.7 Å². The first-order valence-electron chi connectivity index (χ1n) is 6.90. The van der Waals surface area contributed by atoms with E-state index in [9.17, 15) is 4.79 Å². The number of para-hydroxylation sites is 1. The number of nitrogens with one attached hydrogen (secondary N) is 1. The van der Waals surface area contributed by atoms with Crippen molar-refractivity contribution < 1.29 is 4.42 Å². The van der Waals surface area contributed by atoms with E-state index in [-0.39, 0.29) is 11.6 Å². The first kappa shape index (κ1) is 13.4. The number of fused-ring (bicyclic) bond motifs is 1. The van der Waals surface area contributed by atoms with Gasteiger partial charge in [-0.1, -0.05) is 38.1 Å². The molecule has 0 aliphatic carbocycles. The quantitative estimate of drug-likeness (QED) is 0.786. The van der Waals surface area contributed by atoms with Crippen LogP contribution in [0.4, 0.5) is 11.7 Å². The maximum absolute atomic E-state index is 11.9. The SMILES string of the molecule is CC(C)c1ccc(Nc2nc3ccccc3c(=O)o2)cc1. The van der Waals surface area contributed by atoms with E-state index in [2.05, 4.69) is 24.1 Å². The Bertz CT molecular complexity index is 820. The molecule has 0 atom stereocenters. The minimum atomic E-state index is -0.387. The lowest BCUT2D eigenvalue weighted by molar-refractivity contribution is 0.522. The lowest BCUT2D eigenvalue weighted by atomic mass is 10.0. The largest absolute Gasteiger partial charge is 0.388 e. The van der Waals surface area contributed by atoms with E-state index < -0.39 is 0 Å². The molecule has 2 aromatic carbocycles. The molecule has 0 saturated heterocycles. The molecule has 0 aliphatic rings. The summed E-state index contributed by atoms with van der Waals surface area (Å²) in [5.41, 5.74) is 2.33. The van der Waals surface area contributed by atoms with Crippen LogP contribution in [0.25, 0.3) is 10.9 Å². The summed E-state index contributed by atoms with van der Waals surface area (Å²) in [7, 11) is 0. The Hall–Kier alpha value is -2.62. The van der Waals surface area contributed by atoms with E-state index in [0.717, 1.165) is 5.69 Å². The Labute approximate surface area is 122 Å². The summed E-state index contributed by atoms with van der Waals surface area (Å²) >= 11 is 0. The predicted octanol–water partition coefficient (Wildman–Crippen LogP) is 4.06. The molecule has 3 aromatic rings. The highest BCUT2D eigenvalue weighted by Gasteiger charge is 2.06. The van der Waals surface area contributed by atoms with Gasteiger partial charge < -0.3 is 9.73 Å². The van der Waals surface area contributed by atoms with Crippen molar-refractivity contribution in [2.24, 2.45) is 0 Å². The standard InChI is InChI=1S/C17H16N2O2/c1-11(2)12-7-9-13(10-8-12)18-17-19-15-6-4-3-5-14(15)16(20)21-17/h3-11H,1-2H3,(H,18,19). The number of hydrogen-bond donors (Lipinski definition) is 1. The number of aromatic nitrogens is 1. The fraction of sp³-hybridized carbons (Fsp3) is 0.176. The van der Waals surface area contributed by atoms with E-state index in [4.69, 9.17) is 4.42 Å². The molecule has 0 fully saturated rings. The molecule has 1 aromatic heterocycles. The molecule has 0 bridgehead atoms. The van der Waals surface area contributed by atoms with Gasteiger partial charge in [0.05, 0.1) is 10.9 Å². The highest BCUT2D eigenvalue weighted by molar-refractivity contribution is 5.77. The molecule has 0 spiro atoms. The minimum absolute atomic E-state index is 0.205. The normalized spacial score (nSPS) is 11.0. The maximum Gasteiger partial charge on any atom is 0.348 e. The number of nitrogens with zero attached hydrogens (tertiary/aromatic N) is 1. The summed E-state index contributed by atoms with van der Waals surface area (Å²) in [5, 5.41) is 3.51. The summed E-state index contributed by atoms with van der Waals surface area (Å²) in [6, 6.07) is 15.3. The van der Waals surface area contributed by atoms with Gasteiger partial charge in [-0.25, -0.2) is 4.79 Å². The van der Waals surface area contributed by atoms with E-state index in [1.54, 1.807) is 18.2 Å². The monoisotopic (exact) mass is 280 g/mol. The molecule has 3 rings (SSSR count). The second-order valence-corrected chi connectivity index (χ2v) is 5.23. The second kappa shape index (κ2) is 5.40. The van der Waals surface area contributed by atoms with E-state index in [1.165, 1.54) is 5.56 Å². The minimum Gasteiger partial charge on any atom is -0.388 e. The molecule has 1 N–H and O–H groups in total. The van der Waals surface area contributed by atoms with Crippen LogP contribution in [0.1, 0.15) is 25.3 Å². The van der Waals surface area contributed by atoms with Crippen molar-refractivity contribution >= 4 is 22.6 Å². The van der Waals surface area contributed by atoms with Crippen molar-refractivity contribution in [1.82, 2.24) is 4.98 Å². The van der Waals surface area contributed by atoms with Crippen molar-refractivity contribution in [3.8, 4) is 0 Å². The first-order chi connectivity index (χ1) is 10.1. The molecular formula is C17H16N2O2. The first-order valence-corrected chi connectivity index (χ1v) is 6.90. The van der Waals surface area contributed by atoms with Gasteiger partial charge >= 0.3 is 11.6 Å². The zero-order chi connectivity index (χ0) is 14.8. The average Bonchev–Trinajstić information content (AvgIpc) is 2.48. The Morgan fingerprint density at radius 3 is 2.48 bits per heavy atom. The highest BCUT2D eigenvalue weighted by atomic mass is 16.4. The molecule has 0 amide bonds. The third-order valence-corrected chi connectivity index (χ3v) is 3.36. The van der Waals surface area contributed by atoms with Crippen molar-refractivity contribution in [2.45, 2.75) is 19.8 Å².